The highest BCUT2D eigenvalue weighted by atomic mass is 79.9. The molecular weight excluding hydrogens is 313 g/mol. The molecule has 1 saturated heterocycles. The number of rotatable bonds is 4. The van der Waals surface area contributed by atoms with E-state index in [0.717, 1.165) is 23.9 Å². The zero-order valence-electron chi connectivity index (χ0n) is 10.9. The fourth-order valence-corrected chi connectivity index (χ4v) is 2.72. The van der Waals surface area contributed by atoms with Gasteiger partial charge in [-0.2, -0.15) is 0 Å². The number of likely N-dealkylation sites (tertiary alicyclic amines) is 1. The van der Waals surface area contributed by atoms with Crippen LogP contribution in [0.1, 0.15) is 25.3 Å². The molecule has 0 bridgehead atoms. The second-order valence-electron chi connectivity index (χ2n) is 4.62. The summed E-state index contributed by atoms with van der Waals surface area (Å²) in [7, 11) is 0. The van der Waals surface area contributed by atoms with Crippen molar-refractivity contribution in [2.24, 2.45) is 0 Å². The number of hydrogen-bond donors (Lipinski definition) is 0. The molecule has 1 aliphatic rings. The second-order valence-corrected chi connectivity index (χ2v) is 5.53. The smallest absolute Gasteiger partial charge is 0.323 e. The van der Waals surface area contributed by atoms with Gasteiger partial charge in [0.05, 0.1) is 6.61 Å². The molecule has 3 nitrogen and oxygen atoms in total. The average Bonchev–Trinajstić information content (AvgIpc) is 2.81. The number of halogens is 2. The van der Waals surface area contributed by atoms with Crippen molar-refractivity contribution in [1.82, 2.24) is 4.90 Å². The standard InChI is InChI=1S/C14H17BrFNO2/c1-2-19-14(18)13-4-3-7-17(13)9-10-5-6-11(15)8-12(10)16/h5-6,8,13H,2-4,7,9H2,1H3. The Kier molecular flexibility index (Phi) is 4.93. The van der Waals surface area contributed by atoms with Crippen molar-refractivity contribution in [3.63, 3.8) is 0 Å². The van der Waals surface area contributed by atoms with Crippen LogP contribution in [0.25, 0.3) is 0 Å². The van der Waals surface area contributed by atoms with Crippen LogP contribution in [0, 0.1) is 5.82 Å². The SMILES string of the molecule is CCOC(=O)C1CCCN1Cc1ccc(Br)cc1F. The van der Waals surface area contributed by atoms with E-state index in [1.54, 1.807) is 13.0 Å². The summed E-state index contributed by atoms with van der Waals surface area (Å²) in [5.74, 6) is -0.443. The molecule has 0 spiro atoms. The number of carbonyl (C=O) groups is 1. The summed E-state index contributed by atoms with van der Waals surface area (Å²) >= 11 is 3.24. The van der Waals surface area contributed by atoms with Gasteiger partial charge < -0.3 is 4.74 Å². The van der Waals surface area contributed by atoms with E-state index >= 15 is 0 Å². The molecule has 0 amide bonds. The Morgan fingerprint density at radius 2 is 2.37 bits per heavy atom. The maximum Gasteiger partial charge on any atom is 0.323 e. The molecule has 0 aliphatic carbocycles. The number of ether oxygens (including phenoxy) is 1. The van der Waals surface area contributed by atoms with Crippen LogP contribution in [0.15, 0.2) is 22.7 Å². The van der Waals surface area contributed by atoms with Crippen LogP contribution in [0.4, 0.5) is 4.39 Å². The van der Waals surface area contributed by atoms with E-state index in [4.69, 9.17) is 4.74 Å². The van der Waals surface area contributed by atoms with Crippen LogP contribution in [0.5, 0.6) is 0 Å². The molecule has 1 aromatic carbocycles. The summed E-state index contributed by atoms with van der Waals surface area (Å²) < 4.78 is 19.6. The minimum absolute atomic E-state index is 0.197. The van der Waals surface area contributed by atoms with Gasteiger partial charge >= 0.3 is 5.97 Å². The quantitative estimate of drug-likeness (QED) is 0.795. The average molecular weight is 330 g/mol. The monoisotopic (exact) mass is 329 g/mol. The summed E-state index contributed by atoms with van der Waals surface area (Å²) in [6.07, 6.45) is 1.73. The Bertz CT molecular complexity index is 467. The number of carbonyl (C=O) groups excluding carboxylic acids is 1. The molecule has 1 fully saturated rings. The van der Waals surface area contributed by atoms with Crippen molar-refractivity contribution in [2.75, 3.05) is 13.2 Å². The third-order valence-corrected chi connectivity index (χ3v) is 3.80. The molecule has 2 rings (SSSR count). The predicted octanol–water partition coefficient (Wildman–Crippen LogP) is 3.12. The topological polar surface area (TPSA) is 29.5 Å². The fraction of sp³-hybridized carbons (Fsp3) is 0.500. The molecule has 1 unspecified atom stereocenters. The molecule has 5 heteroatoms. The predicted molar refractivity (Wildman–Crippen MR) is 74.2 cm³/mol. The van der Waals surface area contributed by atoms with Crippen LogP contribution in [0.2, 0.25) is 0 Å². The number of esters is 1. The summed E-state index contributed by atoms with van der Waals surface area (Å²) in [6, 6.07) is 4.78. The van der Waals surface area contributed by atoms with Crippen LogP contribution < -0.4 is 0 Å². The van der Waals surface area contributed by atoms with E-state index in [2.05, 4.69) is 15.9 Å². The van der Waals surface area contributed by atoms with Gasteiger partial charge in [-0.15, -0.1) is 0 Å². The first-order valence-corrected chi connectivity index (χ1v) is 7.25. The third kappa shape index (κ3) is 3.54. The van der Waals surface area contributed by atoms with Gasteiger partial charge in [-0.3, -0.25) is 9.69 Å². The van der Waals surface area contributed by atoms with Crippen molar-refractivity contribution in [1.29, 1.82) is 0 Å². The Labute approximate surface area is 120 Å². The maximum absolute atomic E-state index is 13.8. The first-order valence-electron chi connectivity index (χ1n) is 6.46. The van der Waals surface area contributed by atoms with Gasteiger partial charge in [-0.1, -0.05) is 22.0 Å². The van der Waals surface area contributed by atoms with Crippen molar-refractivity contribution in [3.8, 4) is 0 Å². The largest absolute Gasteiger partial charge is 0.465 e. The zero-order chi connectivity index (χ0) is 13.8. The van der Waals surface area contributed by atoms with Gasteiger partial charge in [-0.05, 0) is 38.4 Å². The van der Waals surface area contributed by atoms with E-state index in [1.807, 2.05) is 11.0 Å². The van der Waals surface area contributed by atoms with Crippen molar-refractivity contribution >= 4 is 21.9 Å². The fourth-order valence-electron chi connectivity index (χ4n) is 2.39. The molecule has 104 valence electrons. The Hall–Kier alpha value is -0.940. The van der Waals surface area contributed by atoms with Gasteiger partial charge in [0.1, 0.15) is 11.9 Å². The minimum Gasteiger partial charge on any atom is -0.465 e. The molecule has 1 atom stereocenters. The van der Waals surface area contributed by atoms with Gasteiger partial charge in [0.25, 0.3) is 0 Å². The van der Waals surface area contributed by atoms with Crippen molar-refractivity contribution < 1.29 is 13.9 Å². The first-order chi connectivity index (χ1) is 9.11. The highest BCUT2D eigenvalue weighted by molar-refractivity contribution is 9.10. The summed E-state index contributed by atoms with van der Waals surface area (Å²) in [5.41, 5.74) is 0.611. The molecular formula is C14H17BrFNO2. The molecule has 0 aromatic heterocycles. The maximum atomic E-state index is 13.8. The van der Waals surface area contributed by atoms with Crippen LogP contribution in [-0.4, -0.2) is 30.1 Å². The highest BCUT2D eigenvalue weighted by Gasteiger charge is 2.32. The summed E-state index contributed by atoms with van der Waals surface area (Å²) in [4.78, 5) is 13.8. The van der Waals surface area contributed by atoms with Gasteiger partial charge in [0, 0.05) is 16.6 Å². The Balaban J connectivity index is 2.07. The molecule has 1 aliphatic heterocycles. The lowest BCUT2D eigenvalue weighted by Crippen LogP contribution is -2.37. The number of benzene rings is 1. The lowest BCUT2D eigenvalue weighted by atomic mass is 10.1. The number of hydrogen-bond acceptors (Lipinski definition) is 3. The van der Waals surface area contributed by atoms with Gasteiger partial charge in [0.2, 0.25) is 0 Å². The van der Waals surface area contributed by atoms with E-state index in [1.165, 1.54) is 6.07 Å². The van der Waals surface area contributed by atoms with Crippen LogP contribution in [-0.2, 0) is 16.1 Å². The van der Waals surface area contributed by atoms with Gasteiger partial charge in [-0.25, -0.2) is 4.39 Å². The molecule has 1 heterocycles. The molecule has 19 heavy (non-hydrogen) atoms. The minimum atomic E-state index is -0.246. The Morgan fingerprint density at radius 3 is 3.05 bits per heavy atom. The molecule has 0 radical (unpaired) electrons. The van der Waals surface area contributed by atoms with E-state index in [9.17, 15) is 9.18 Å². The first kappa shape index (κ1) is 14.5. The second kappa shape index (κ2) is 6.48. The molecule has 1 aromatic rings. The molecule has 0 saturated carbocycles. The van der Waals surface area contributed by atoms with E-state index in [-0.39, 0.29) is 17.8 Å². The zero-order valence-corrected chi connectivity index (χ0v) is 12.5. The van der Waals surface area contributed by atoms with Crippen LogP contribution in [0.3, 0.4) is 0 Å². The molecule has 0 N–H and O–H groups in total. The Morgan fingerprint density at radius 1 is 1.58 bits per heavy atom. The normalized spacial score (nSPS) is 19.6. The highest BCUT2D eigenvalue weighted by Crippen LogP contribution is 2.23. The lowest BCUT2D eigenvalue weighted by Gasteiger charge is -2.23. The van der Waals surface area contributed by atoms with E-state index < -0.39 is 0 Å². The number of nitrogens with zero attached hydrogens (tertiary/aromatic N) is 1. The lowest BCUT2D eigenvalue weighted by molar-refractivity contribution is -0.148. The third-order valence-electron chi connectivity index (χ3n) is 3.31. The van der Waals surface area contributed by atoms with Crippen LogP contribution >= 0.6 is 15.9 Å². The van der Waals surface area contributed by atoms with Gasteiger partial charge in [0.15, 0.2) is 0 Å². The summed E-state index contributed by atoms with van der Waals surface area (Å²) in [6.45, 7) is 3.43. The van der Waals surface area contributed by atoms with Crippen molar-refractivity contribution in [2.45, 2.75) is 32.4 Å². The summed E-state index contributed by atoms with van der Waals surface area (Å²) in [5, 5.41) is 0. The van der Waals surface area contributed by atoms with Crippen molar-refractivity contribution in [3.05, 3.63) is 34.1 Å². The van der Waals surface area contributed by atoms with E-state index in [0.29, 0.717) is 18.7 Å².